The number of nitrogens with zero attached hydrogens (tertiary/aromatic N) is 2. The maximum atomic E-state index is 12.3. The lowest BCUT2D eigenvalue weighted by Crippen LogP contribution is -2.28. The van der Waals surface area contributed by atoms with Gasteiger partial charge in [-0.3, -0.25) is 9.89 Å². The summed E-state index contributed by atoms with van der Waals surface area (Å²) in [6.45, 7) is 0. The number of benzene rings is 1. The largest absolute Gasteiger partial charge is 0.399 e. The molecule has 21 heavy (non-hydrogen) atoms. The highest BCUT2D eigenvalue weighted by molar-refractivity contribution is 5.90. The minimum absolute atomic E-state index is 0.0241. The zero-order valence-electron chi connectivity index (χ0n) is 11.6. The molecule has 2 aliphatic rings. The fourth-order valence-corrected chi connectivity index (χ4v) is 2.93. The molecule has 1 amide bonds. The highest BCUT2D eigenvalue weighted by Crippen LogP contribution is 2.37. The lowest BCUT2D eigenvalue weighted by molar-refractivity contribution is 0.0926. The average Bonchev–Trinajstić information content (AvgIpc) is 3.07. The molecule has 2 aliphatic carbocycles. The maximum absolute atomic E-state index is 12.3. The van der Waals surface area contributed by atoms with Crippen LogP contribution in [0.25, 0.3) is 0 Å². The van der Waals surface area contributed by atoms with Crippen LogP contribution in [0.15, 0.2) is 18.2 Å². The van der Waals surface area contributed by atoms with Crippen LogP contribution < -0.4 is 11.1 Å². The van der Waals surface area contributed by atoms with Crippen LogP contribution >= 0.6 is 0 Å². The number of carbonyl (C=O) groups is 1. The molecule has 6 heteroatoms. The molecule has 0 aliphatic heterocycles. The Labute approximate surface area is 122 Å². The van der Waals surface area contributed by atoms with Gasteiger partial charge in [-0.2, -0.15) is 0 Å². The number of aromatic nitrogens is 3. The molecule has 0 bridgehead atoms. The normalized spacial score (nSPS) is 20.3. The van der Waals surface area contributed by atoms with Gasteiger partial charge in [-0.1, -0.05) is 6.07 Å². The summed E-state index contributed by atoms with van der Waals surface area (Å²) in [5.41, 5.74) is 8.93. The van der Waals surface area contributed by atoms with Crippen molar-refractivity contribution in [2.24, 2.45) is 0 Å². The van der Waals surface area contributed by atoms with Crippen LogP contribution in [0.2, 0.25) is 0 Å². The first-order chi connectivity index (χ1) is 10.2. The van der Waals surface area contributed by atoms with E-state index in [2.05, 4.69) is 20.5 Å². The Bertz CT molecular complexity index is 704. The second kappa shape index (κ2) is 4.58. The number of H-pyrrole nitrogens is 1. The summed E-state index contributed by atoms with van der Waals surface area (Å²) in [6.07, 6.45) is 4.10. The number of aryl methyl sites for hydroxylation is 1. The van der Waals surface area contributed by atoms with E-state index in [1.165, 1.54) is 5.56 Å². The van der Waals surface area contributed by atoms with Gasteiger partial charge in [-0.15, -0.1) is 5.10 Å². The molecule has 108 valence electrons. The molecule has 1 aromatic carbocycles. The number of nitrogens with one attached hydrogen (secondary N) is 2. The zero-order valence-corrected chi connectivity index (χ0v) is 11.6. The summed E-state index contributed by atoms with van der Waals surface area (Å²) >= 11 is 0. The monoisotopic (exact) mass is 283 g/mol. The predicted molar refractivity (Wildman–Crippen MR) is 77.7 cm³/mol. The molecule has 0 radical (unpaired) electrons. The molecule has 1 heterocycles. The Morgan fingerprint density at radius 1 is 1.33 bits per heavy atom. The summed E-state index contributed by atoms with van der Waals surface area (Å²) in [4.78, 5) is 16.5. The molecule has 4 N–H and O–H groups in total. The van der Waals surface area contributed by atoms with E-state index in [1.54, 1.807) is 0 Å². The van der Waals surface area contributed by atoms with E-state index < -0.39 is 0 Å². The zero-order chi connectivity index (χ0) is 14.4. The summed E-state index contributed by atoms with van der Waals surface area (Å²) < 4.78 is 0. The average molecular weight is 283 g/mol. The first-order valence-corrected chi connectivity index (χ1v) is 7.32. The highest BCUT2D eigenvalue weighted by atomic mass is 16.2. The number of nitrogens with two attached hydrogens (primary N) is 1. The first kappa shape index (κ1) is 12.4. The maximum Gasteiger partial charge on any atom is 0.291 e. The quantitative estimate of drug-likeness (QED) is 0.747. The van der Waals surface area contributed by atoms with E-state index in [4.69, 9.17) is 5.73 Å². The number of nitrogen functional groups attached to an aromatic ring is 1. The number of rotatable bonds is 3. The van der Waals surface area contributed by atoms with Gasteiger partial charge in [0.05, 0.1) is 6.04 Å². The van der Waals surface area contributed by atoms with Crippen molar-refractivity contribution in [3.8, 4) is 0 Å². The number of anilines is 1. The third kappa shape index (κ3) is 2.26. The molecule has 0 saturated heterocycles. The second-order valence-corrected chi connectivity index (χ2v) is 5.84. The number of amides is 1. The van der Waals surface area contributed by atoms with Gasteiger partial charge in [0.1, 0.15) is 5.82 Å². The molecule has 1 unspecified atom stereocenters. The lowest BCUT2D eigenvalue weighted by atomic mass is 10.1. The van der Waals surface area contributed by atoms with Gasteiger partial charge in [0.15, 0.2) is 0 Å². The summed E-state index contributed by atoms with van der Waals surface area (Å²) in [5, 5.41) is 9.90. The van der Waals surface area contributed by atoms with Gasteiger partial charge in [-0.05, 0) is 48.9 Å². The Morgan fingerprint density at radius 3 is 3.00 bits per heavy atom. The Balaban J connectivity index is 1.50. The van der Waals surface area contributed by atoms with Gasteiger partial charge in [-0.25, -0.2) is 4.98 Å². The van der Waals surface area contributed by atoms with Crippen molar-refractivity contribution < 1.29 is 4.79 Å². The van der Waals surface area contributed by atoms with Crippen molar-refractivity contribution >= 4 is 11.6 Å². The van der Waals surface area contributed by atoms with Gasteiger partial charge in [0.25, 0.3) is 5.91 Å². The molecular weight excluding hydrogens is 266 g/mol. The first-order valence-electron chi connectivity index (χ1n) is 7.32. The van der Waals surface area contributed by atoms with Crippen LogP contribution in [0.4, 0.5) is 5.69 Å². The van der Waals surface area contributed by atoms with E-state index >= 15 is 0 Å². The van der Waals surface area contributed by atoms with Crippen LogP contribution in [0.1, 0.15) is 58.8 Å². The predicted octanol–water partition coefficient (Wildman–Crippen LogP) is 1.68. The molecule has 6 nitrogen and oxygen atoms in total. The van der Waals surface area contributed by atoms with Crippen molar-refractivity contribution in [3.63, 3.8) is 0 Å². The molecule has 4 rings (SSSR count). The van der Waals surface area contributed by atoms with Gasteiger partial charge >= 0.3 is 0 Å². The molecule has 1 aromatic heterocycles. The number of hydrogen-bond donors (Lipinski definition) is 3. The lowest BCUT2D eigenvalue weighted by Gasteiger charge is -2.12. The smallest absolute Gasteiger partial charge is 0.291 e. The summed E-state index contributed by atoms with van der Waals surface area (Å²) in [7, 11) is 0. The standard InChI is InChI=1S/C15H17N5O/c16-10-4-5-11-9(7-10)3-6-12(11)17-15(21)14-18-13(19-20-14)8-1-2-8/h4-5,7-8,12H,1-3,6,16H2,(H,17,21)(H,18,19,20). The van der Waals surface area contributed by atoms with E-state index in [-0.39, 0.29) is 17.8 Å². The number of aromatic amines is 1. The Morgan fingerprint density at radius 2 is 2.19 bits per heavy atom. The molecule has 0 spiro atoms. The van der Waals surface area contributed by atoms with E-state index in [0.29, 0.717) is 5.92 Å². The van der Waals surface area contributed by atoms with E-state index in [0.717, 1.165) is 42.8 Å². The molecule has 2 aromatic rings. The molecule has 1 atom stereocenters. The third-order valence-corrected chi connectivity index (χ3v) is 4.22. The van der Waals surface area contributed by atoms with Gasteiger partial charge < -0.3 is 11.1 Å². The Hall–Kier alpha value is -2.37. The van der Waals surface area contributed by atoms with E-state index in [1.807, 2.05) is 18.2 Å². The van der Waals surface area contributed by atoms with Crippen molar-refractivity contribution in [1.82, 2.24) is 20.5 Å². The van der Waals surface area contributed by atoms with Crippen molar-refractivity contribution in [3.05, 3.63) is 41.0 Å². The minimum Gasteiger partial charge on any atom is -0.399 e. The molecular formula is C15H17N5O. The van der Waals surface area contributed by atoms with E-state index in [9.17, 15) is 4.79 Å². The van der Waals surface area contributed by atoms with Crippen molar-refractivity contribution in [2.45, 2.75) is 37.6 Å². The summed E-state index contributed by atoms with van der Waals surface area (Å²) in [5.74, 6) is 1.32. The SMILES string of the molecule is Nc1ccc2c(c1)CCC2NC(=O)c1n[nH]c(C2CC2)n1. The van der Waals surface area contributed by atoms with Gasteiger partial charge in [0.2, 0.25) is 5.82 Å². The van der Waals surface area contributed by atoms with Crippen LogP contribution in [0.5, 0.6) is 0 Å². The summed E-state index contributed by atoms with van der Waals surface area (Å²) in [6, 6.07) is 5.88. The Kier molecular flexibility index (Phi) is 2.70. The number of hydrogen-bond acceptors (Lipinski definition) is 4. The number of fused-ring (bicyclic) bond motifs is 1. The topological polar surface area (TPSA) is 96.7 Å². The molecule has 1 fully saturated rings. The van der Waals surface area contributed by atoms with Crippen LogP contribution in [0, 0.1) is 0 Å². The van der Waals surface area contributed by atoms with Gasteiger partial charge in [0, 0.05) is 11.6 Å². The highest BCUT2D eigenvalue weighted by Gasteiger charge is 2.29. The fourth-order valence-electron chi connectivity index (χ4n) is 2.93. The van der Waals surface area contributed by atoms with Crippen LogP contribution in [-0.4, -0.2) is 21.1 Å². The molecule has 1 saturated carbocycles. The third-order valence-electron chi connectivity index (χ3n) is 4.22. The minimum atomic E-state index is -0.215. The van der Waals surface area contributed by atoms with Crippen LogP contribution in [-0.2, 0) is 6.42 Å². The second-order valence-electron chi connectivity index (χ2n) is 5.84. The number of carbonyl (C=O) groups excluding carboxylic acids is 1. The van der Waals surface area contributed by atoms with Crippen molar-refractivity contribution in [2.75, 3.05) is 5.73 Å². The van der Waals surface area contributed by atoms with Crippen LogP contribution in [0.3, 0.4) is 0 Å². The fraction of sp³-hybridized carbons (Fsp3) is 0.400. The van der Waals surface area contributed by atoms with Crippen molar-refractivity contribution in [1.29, 1.82) is 0 Å².